The number of aromatic nitrogens is 2. The molecule has 0 saturated heterocycles. The molecule has 0 bridgehead atoms. The molecule has 0 aliphatic rings. The summed E-state index contributed by atoms with van der Waals surface area (Å²) in [6.45, 7) is 7.49. The van der Waals surface area contributed by atoms with Gasteiger partial charge in [-0.1, -0.05) is 0 Å². The van der Waals surface area contributed by atoms with Crippen LogP contribution in [0.1, 0.15) is 24.7 Å². The number of hydrogen-bond donors (Lipinski definition) is 1. The van der Waals surface area contributed by atoms with E-state index in [9.17, 15) is 4.79 Å². The van der Waals surface area contributed by atoms with Crippen LogP contribution in [0.2, 0.25) is 0 Å². The van der Waals surface area contributed by atoms with Crippen molar-refractivity contribution < 1.29 is 18.7 Å². The molecule has 0 atom stereocenters. The molecule has 0 fully saturated rings. The van der Waals surface area contributed by atoms with Gasteiger partial charge in [-0.05, 0) is 27.2 Å². The zero-order valence-electron chi connectivity index (χ0n) is 13.1. The van der Waals surface area contributed by atoms with Gasteiger partial charge in [0.05, 0.1) is 0 Å². The quantitative estimate of drug-likeness (QED) is 0.748. The van der Waals surface area contributed by atoms with E-state index in [1.54, 1.807) is 0 Å². The lowest BCUT2D eigenvalue weighted by Gasteiger charge is -2.07. The van der Waals surface area contributed by atoms with E-state index >= 15 is 0 Å². The molecule has 2 aromatic rings. The number of ether oxygens (including phenoxy) is 2. The molecule has 0 saturated carbocycles. The van der Waals surface area contributed by atoms with Gasteiger partial charge in [-0.25, -0.2) is 9.97 Å². The second-order valence-corrected chi connectivity index (χ2v) is 4.83. The molecule has 22 heavy (non-hydrogen) atoms. The number of amides is 1. The van der Waals surface area contributed by atoms with Gasteiger partial charge in [0.25, 0.3) is 5.91 Å². The zero-order valence-corrected chi connectivity index (χ0v) is 13.1. The second-order valence-electron chi connectivity index (χ2n) is 4.83. The Kier molecular flexibility index (Phi) is 5.71. The van der Waals surface area contributed by atoms with Crippen LogP contribution in [0.3, 0.4) is 0 Å². The highest BCUT2D eigenvalue weighted by atomic mass is 16.5. The van der Waals surface area contributed by atoms with Crippen molar-refractivity contribution in [3.8, 4) is 5.88 Å². The number of nitrogens with zero attached hydrogens (tertiary/aromatic N) is 2. The lowest BCUT2D eigenvalue weighted by Crippen LogP contribution is -2.30. The number of nitrogens with one attached hydrogen (secondary N) is 1. The monoisotopic (exact) mass is 307 g/mol. The van der Waals surface area contributed by atoms with E-state index in [0.29, 0.717) is 36.7 Å². The standard InChI is InChI=1S/C15H21N3O4/c1-4-20-7-5-6-16-12(19)8-21-14-13-10(2)11(3)22-15(13)18-9-17-14/h9H,4-8H2,1-3H3,(H,16,19). The normalized spacial score (nSPS) is 10.9. The Morgan fingerprint density at radius 3 is 2.95 bits per heavy atom. The molecule has 0 aliphatic carbocycles. The third-order valence-corrected chi connectivity index (χ3v) is 3.26. The Labute approximate surface area is 129 Å². The number of rotatable bonds is 8. The first kappa shape index (κ1) is 16.2. The molecule has 7 heteroatoms. The summed E-state index contributed by atoms with van der Waals surface area (Å²) in [5, 5.41) is 3.48. The highest BCUT2D eigenvalue weighted by molar-refractivity contribution is 5.84. The van der Waals surface area contributed by atoms with E-state index in [0.717, 1.165) is 17.7 Å². The van der Waals surface area contributed by atoms with Crippen LogP contribution in [0, 0.1) is 13.8 Å². The second kappa shape index (κ2) is 7.74. The summed E-state index contributed by atoms with van der Waals surface area (Å²) in [5.74, 6) is 0.936. The molecule has 2 aromatic heterocycles. The van der Waals surface area contributed by atoms with Crippen molar-refractivity contribution in [3.63, 3.8) is 0 Å². The average Bonchev–Trinajstić information content (AvgIpc) is 2.80. The molecule has 0 radical (unpaired) electrons. The van der Waals surface area contributed by atoms with Crippen molar-refractivity contribution in [1.29, 1.82) is 0 Å². The number of aryl methyl sites for hydroxylation is 2. The first-order valence-electron chi connectivity index (χ1n) is 7.31. The van der Waals surface area contributed by atoms with Gasteiger partial charge in [0.15, 0.2) is 6.61 Å². The van der Waals surface area contributed by atoms with E-state index in [-0.39, 0.29) is 12.5 Å². The molecule has 2 heterocycles. The van der Waals surface area contributed by atoms with Crippen LogP contribution in [-0.4, -0.2) is 42.2 Å². The van der Waals surface area contributed by atoms with Crippen LogP contribution < -0.4 is 10.1 Å². The van der Waals surface area contributed by atoms with E-state index < -0.39 is 0 Å². The van der Waals surface area contributed by atoms with Gasteiger partial charge in [0, 0.05) is 25.3 Å². The highest BCUT2D eigenvalue weighted by Crippen LogP contribution is 2.29. The number of carbonyl (C=O) groups is 1. The van der Waals surface area contributed by atoms with Crippen molar-refractivity contribution in [2.24, 2.45) is 0 Å². The highest BCUT2D eigenvalue weighted by Gasteiger charge is 2.15. The van der Waals surface area contributed by atoms with Crippen LogP contribution in [0.4, 0.5) is 0 Å². The minimum atomic E-state index is -0.193. The summed E-state index contributed by atoms with van der Waals surface area (Å²) in [4.78, 5) is 19.9. The number of fused-ring (bicyclic) bond motifs is 1. The Bertz CT molecular complexity index is 639. The maximum absolute atomic E-state index is 11.7. The van der Waals surface area contributed by atoms with Gasteiger partial charge in [0.1, 0.15) is 17.5 Å². The van der Waals surface area contributed by atoms with E-state index in [1.807, 2.05) is 20.8 Å². The Morgan fingerprint density at radius 1 is 1.36 bits per heavy atom. The lowest BCUT2D eigenvalue weighted by molar-refractivity contribution is -0.123. The molecule has 0 aromatic carbocycles. The van der Waals surface area contributed by atoms with Gasteiger partial charge >= 0.3 is 0 Å². The van der Waals surface area contributed by atoms with Crippen LogP contribution >= 0.6 is 0 Å². The van der Waals surface area contributed by atoms with E-state index in [2.05, 4.69) is 15.3 Å². The average molecular weight is 307 g/mol. The summed E-state index contributed by atoms with van der Waals surface area (Å²) in [6, 6.07) is 0. The minimum Gasteiger partial charge on any atom is -0.467 e. The molecule has 1 N–H and O–H groups in total. The Balaban J connectivity index is 1.88. The summed E-state index contributed by atoms with van der Waals surface area (Å²) in [5.41, 5.74) is 1.39. The fraction of sp³-hybridized carbons (Fsp3) is 0.533. The molecule has 0 unspecified atom stereocenters. The summed E-state index contributed by atoms with van der Waals surface area (Å²) < 4.78 is 16.2. The van der Waals surface area contributed by atoms with Crippen molar-refractivity contribution in [2.75, 3.05) is 26.4 Å². The van der Waals surface area contributed by atoms with Gasteiger partial charge in [-0.3, -0.25) is 4.79 Å². The van der Waals surface area contributed by atoms with Crippen molar-refractivity contribution in [2.45, 2.75) is 27.2 Å². The van der Waals surface area contributed by atoms with Crippen molar-refractivity contribution in [3.05, 3.63) is 17.7 Å². The van der Waals surface area contributed by atoms with E-state index in [4.69, 9.17) is 13.9 Å². The Morgan fingerprint density at radius 2 is 2.18 bits per heavy atom. The predicted molar refractivity (Wildman–Crippen MR) is 80.9 cm³/mol. The van der Waals surface area contributed by atoms with Crippen LogP contribution in [0.15, 0.2) is 10.7 Å². The molecule has 0 spiro atoms. The van der Waals surface area contributed by atoms with Crippen LogP contribution in [-0.2, 0) is 9.53 Å². The van der Waals surface area contributed by atoms with Gasteiger partial charge in [0.2, 0.25) is 11.6 Å². The van der Waals surface area contributed by atoms with Crippen LogP contribution in [0.25, 0.3) is 11.1 Å². The molecule has 0 aliphatic heterocycles. The summed E-state index contributed by atoms with van der Waals surface area (Å²) >= 11 is 0. The summed E-state index contributed by atoms with van der Waals surface area (Å²) in [6.07, 6.45) is 2.14. The number of hydrogen-bond acceptors (Lipinski definition) is 6. The maximum Gasteiger partial charge on any atom is 0.258 e. The first-order valence-corrected chi connectivity index (χ1v) is 7.31. The van der Waals surface area contributed by atoms with Gasteiger partial charge < -0.3 is 19.2 Å². The maximum atomic E-state index is 11.7. The minimum absolute atomic E-state index is 0.0928. The van der Waals surface area contributed by atoms with Crippen molar-refractivity contribution >= 4 is 17.0 Å². The largest absolute Gasteiger partial charge is 0.467 e. The third-order valence-electron chi connectivity index (χ3n) is 3.26. The molecule has 2 rings (SSSR count). The fourth-order valence-electron chi connectivity index (χ4n) is 1.99. The summed E-state index contributed by atoms with van der Waals surface area (Å²) in [7, 11) is 0. The topological polar surface area (TPSA) is 86.5 Å². The van der Waals surface area contributed by atoms with E-state index in [1.165, 1.54) is 6.33 Å². The zero-order chi connectivity index (χ0) is 15.9. The molecule has 7 nitrogen and oxygen atoms in total. The number of carbonyl (C=O) groups excluding carboxylic acids is 1. The van der Waals surface area contributed by atoms with Crippen molar-refractivity contribution in [1.82, 2.24) is 15.3 Å². The SMILES string of the molecule is CCOCCCNC(=O)COc1ncnc2oc(C)c(C)c12. The smallest absolute Gasteiger partial charge is 0.258 e. The molecule has 120 valence electrons. The fourth-order valence-corrected chi connectivity index (χ4v) is 1.99. The Hall–Kier alpha value is -2.15. The van der Waals surface area contributed by atoms with Gasteiger partial charge in [-0.2, -0.15) is 0 Å². The lowest BCUT2D eigenvalue weighted by atomic mass is 10.2. The molecular weight excluding hydrogens is 286 g/mol. The van der Waals surface area contributed by atoms with Crippen LogP contribution in [0.5, 0.6) is 5.88 Å². The molecular formula is C15H21N3O4. The predicted octanol–water partition coefficient (Wildman–Crippen LogP) is 1.76. The first-order chi connectivity index (χ1) is 10.6. The van der Waals surface area contributed by atoms with Gasteiger partial charge in [-0.15, -0.1) is 0 Å². The number of furan rings is 1. The third kappa shape index (κ3) is 3.94. The molecule has 1 amide bonds.